The van der Waals surface area contributed by atoms with Crippen LogP contribution in [0.5, 0.6) is 0 Å². The molecule has 1 saturated heterocycles. The number of rotatable bonds is 4. The van der Waals surface area contributed by atoms with E-state index in [-0.39, 0.29) is 8.68 Å². The second-order valence-corrected chi connectivity index (χ2v) is 8.70. The quantitative estimate of drug-likeness (QED) is 0.853. The van der Waals surface area contributed by atoms with Crippen molar-refractivity contribution >= 4 is 33.0 Å². The van der Waals surface area contributed by atoms with Crippen molar-refractivity contribution in [1.29, 1.82) is 0 Å². The highest BCUT2D eigenvalue weighted by atomic mass is 35.5. The first-order chi connectivity index (χ1) is 9.04. The van der Waals surface area contributed by atoms with Crippen LogP contribution in [0.25, 0.3) is 0 Å². The predicted octanol–water partition coefficient (Wildman–Crippen LogP) is 3.39. The third-order valence-electron chi connectivity index (χ3n) is 3.55. The minimum absolute atomic E-state index is 0.256. The molecule has 108 valence electrons. The zero-order chi connectivity index (χ0) is 13.9. The van der Waals surface area contributed by atoms with E-state index in [1.165, 1.54) is 19.0 Å². The van der Waals surface area contributed by atoms with E-state index in [1.807, 2.05) is 0 Å². The molecule has 0 radical (unpaired) electrons. The van der Waals surface area contributed by atoms with Gasteiger partial charge in [-0.2, -0.15) is 4.31 Å². The van der Waals surface area contributed by atoms with E-state index in [1.54, 1.807) is 4.31 Å². The van der Waals surface area contributed by atoms with E-state index in [0.717, 1.165) is 30.6 Å². The Balaban J connectivity index is 2.09. The second-order valence-electron chi connectivity index (χ2n) is 4.92. The summed E-state index contributed by atoms with van der Waals surface area (Å²) in [6.07, 6.45) is 6.75. The van der Waals surface area contributed by atoms with Gasteiger partial charge in [0.05, 0.1) is 6.20 Å². The van der Waals surface area contributed by atoms with Crippen molar-refractivity contribution in [2.45, 2.75) is 43.2 Å². The van der Waals surface area contributed by atoms with Gasteiger partial charge in [-0.1, -0.05) is 42.7 Å². The van der Waals surface area contributed by atoms with Crippen molar-refractivity contribution in [3.8, 4) is 0 Å². The lowest BCUT2D eigenvalue weighted by molar-refractivity contribution is 0.400. The summed E-state index contributed by atoms with van der Waals surface area (Å²) in [4.78, 5) is 3.82. The molecule has 1 aromatic heterocycles. The minimum atomic E-state index is -3.40. The average Bonchev–Trinajstić information content (AvgIpc) is 2.66. The Morgan fingerprint density at radius 3 is 2.89 bits per heavy atom. The predicted molar refractivity (Wildman–Crippen MR) is 78.1 cm³/mol. The van der Waals surface area contributed by atoms with E-state index in [2.05, 4.69) is 11.9 Å². The van der Waals surface area contributed by atoms with Gasteiger partial charge in [-0.3, -0.25) is 0 Å². The van der Waals surface area contributed by atoms with Gasteiger partial charge >= 0.3 is 0 Å². The van der Waals surface area contributed by atoms with Crippen LogP contribution in [0.3, 0.4) is 0 Å². The number of hydrogen-bond acceptors (Lipinski definition) is 4. The number of thiazole rings is 1. The molecule has 7 heteroatoms. The Morgan fingerprint density at radius 1 is 1.47 bits per heavy atom. The molecule has 0 N–H and O–H groups in total. The van der Waals surface area contributed by atoms with Crippen molar-refractivity contribution in [3.63, 3.8) is 0 Å². The summed E-state index contributed by atoms with van der Waals surface area (Å²) < 4.78 is 27.0. The van der Waals surface area contributed by atoms with Crippen LogP contribution in [0.4, 0.5) is 0 Å². The topological polar surface area (TPSA) is 50.3 Å². The van der Waals surface area contributed by atoms with Gasteiger partial charge in [0.25, 0.3) is 10.0 Å². The summed E-state index contributed by atoms with van der Waals surface area (Å²) in [5.74, 6) is 0.662. The maximum atomic E-state index is 12.5. The zero-order valence-corrected chi connectivity index (χ0v) is 13.4. The van der Waals surface area contributed by atoms with Gasteiger partial charge in [-0.25, -0.2) is 13.4 Å². The lowest BCUT2D eigenvalue weighted by Crippen LogP contribution is -2.31. The lowest BCUT2D eigenvalue weighted by Gasteiger charge is -2.18. The Kier molecular flexibility index (Phi) is 5.22. The van der Waals surface area contributed by atoms with Crippen LogP contribution in [0.15, 0.2) is 10.4 Å². The summed E-state index contributed by atoms with van der Waals surface area (Å²) >= 11 is 6.76. The van der Waals surface area contributed by atoms with E-state index in [4.69, 9.17) is 11.6 Å². The number of aromatic nitrogens is 1. The van der Waals surface area contributed by atoms with Crippen molar-refractivity contribution in [2.24, 2.45) is 5.92 Å². The van der Waals surface area contributed by atoms with E-state index in [9.17, 15) is 8.42 Å². The molecular formula is C12H19ClN2O2S2. The number of halogens is 1. The summed E-state index contributed by atoms with van der Waals surface area (Å²) in [5, 5.41) is 0. The van der Waals surface area contributed by atoms with Crippen molar-refractivity contribution in [1.82, 2.24) is 9.29 Å². The molecule has 19 heavy (non-hydrogen) atoms. The molecule has 0 aliphatic carbocycles. The molecule has 1 aromatic rings. The standard InChI is InChI=1S/C12H19ClN2O2S2/c1-2-4-10-5-3-7-15(8-6-10)19(16,17)11-9-14-12(13)18-11/h9-10H,2-8H2,1H3. The SMILES string of the molecule is CCCC1CCCN(S(=O)(=O)c2cnc(Cl)s2)CC1. The van der Waals surface area contributed by atoms with Crippen LogP contribution in [0.2, 0.25) is 4.47 Å². The largest absolute Gasteiger partial charge is 0.254 e. The monoisotopic (exact) mass is 322 g/mol. The fraction of sp³-hybridized carbons (Fsp3) is 0.750. The molecule has 2 rings (SSSR count). The maximum absolute atomic E-state index is 12.5. The fourth-order valence-corrected chi connectivity index (χ4v) is 5.50. The average molecular weight is 323 g/mol. The van der Waals surface area contributed by atoms with Gasteiger partial charge in [0.2, 0.25) is 0 Å². The highest BCUT2D eigenvalue weighted by Gasteiger charge is 2.28. The van der Waals surface area contributed by atoms with Crippen LogP contribution >= 0.6 is 22.9 Å². The minimum Gasteiger partial charge on any atom is -0.232 e. The third-order valence-corrected chi connectivity index (χ3v) is 7.00. The van der Waals surface area contributed by atoms with Crippen LogP contribution in [0.1, 0.15) is 39.0 Å². The molecular weight excluding hydrogens is 304 g/mol. The summed E-state index contributed by atoms with van der Waals surface area (Å²) in [6, 6.07) is 0. The molecule has 4 nitrogen and oxygen atoms in total. The fourth-order valence-electron chi connectivity index (χ4n) is 2.56. The number of nitrogens with zero attached hydrogens (tertiary/aromatic N) is 2. The molecule has 2 heterocycles. The summed E-state index contributed by atoms with van der Waals surface area (Å²) in [5.41, 5.74) is 0. The molecule has 0 spiro atoms. The van der Waals surface area contributed by atoms with E-state index >= 15 is 0 Å². The van der Waals surface area contributed by atoms with Gasteiger partial charge < -0.3 is 0 Å². The van der Waals surface area contributed by atoms with Gasteiger partial charge in [0.15, 0.2) is 8.68 Å². The van der Waals surface area contributed by atoms with Gasteiger partial charge in [-0.15, -0.1) is 0 Å². The van der Waals surface area contributed by atoms with Crippen LogP contribution < -0.4 is 0 Å². The molecule has 0 saturated carbocycles. The Labute approximate surface area is 123 Å². The van der Waals surface area contributed by atoms with Crippen LogP contribution in [-0.2, 0) is 10.0 Å². The Hall–Kier alpha value is -0.170. The van der Waals surface area contributed by atoms with E-state index < -0.39 is 10.0 Å². The molecule has 0 amide bonds. The third kappa shape index (κ3) is 3.68. The first-order valence-corrected chi connectivity index (χ1v) is 9.29. The van der Waals surface area contributed by atoms with Gasteiger partial charge in [-0.05, 0) is 25.2 Å². The van der Waals surface area contributed by atoms with Crippen molar-refractivity contribution in [2.75, 3.05) is 13.1 Å². The van der Waals surface area contributed by atoms with Crippen molar-refractivity contribution in [3.05, 3.63) is 10.7 Å². The number of hydrogen-bond donors (Lipinski definition) is 0. The molecule has 1 aliphatic rings. The maximum Gasteiger partial charge on any atom is 0.254 e. The molecule has 1 unspecified atom stereocenters. The summed E-state index contributed by atoms with van der Waals surface area (Å²) in [7, 11) is -3.40. The summed E-state index contributed by atoms with van der Waals surface area (Å²) in [6.45, 7) is 3.40. The number of sulfonamides is 1. The van der Waals surface area contributed by atoms with Gasteiger partial charge in [0, 0.05) is 13.1 Å². The van der Waals surface area contributed by atoms with Crippen molar-refractivity contribution < 1.29 is 8.42 Å². The molecule has 0 bridgehead atoms. The van der Waals surface area contributed by atoms with Gasteiger partial charge in [0.1, 0.15) is 0 Å². The zero-order valence-electron chi connectivity index (χ0n) is 11.0. The van der Waals surface area contributed by atoms with E-state index in [0.29, 0.717) is 19.0 Å². The second kappa shape index (κ2) is 6.52. The molecule has 1 fully saturated rings. The smallest absolute Gasteiger partial charge is 0.232 e. The lowest BCUT2D eigenvalue weighted by atomic mass is 9.96. The first kappa shape index (κ1) is 15.2. The molecule has 1 atom stereocenters. The highest BCUT2D eigenvalue weighted by molar-refractivity contribution is 7.91. The molecule has 0 aromatic carbocycles. The highest BCUT2D eigenvalue weighted by Crippen LogP contribution is 2.29. The Bertz CT molecular complexity index is 516. The Morgan fingerprint density at radius 2 is 2.26 bits per heavy atom. The normalized spacial score (nSPS) is 22.3. The van der Waals surface area contributed by atoms with Crippen LogP contribution in [-0.4, -0.2) is 30.8 Å². The first-order valence-electron chi connectivity index (χ1n) is 6.65. The van der Waals surface area contributed by atoms with Crippen LogP contribution in [0, 0.1) is 5.92 Å². The molecule has 1 aliphatic heterocycles.